The molecule has 5 rings (SSSR count). The molecule has 15 heteroatoms. The Labute approximate surface area is 211 Å². The summed E-state index contributed by atoms with van der Waals surface area (Å²) < 4.78 is 113. The van der Waals surface area contributed by atoms with Crippen LogP contribution in [0.5, 0.6) is 0 Å². The topological polar surface area (TPSA) is 108 Å². The zero-order valence-electron chi connectivity index (χ0n) is 19.8. The minimum atomic E-state index is -4.03. The van der Waals surface area contributed by atoms with Gasteiger partial charge in [0.25, 0.3) is 0 Å². The van der Waals surface area contributed by atoms with Crippen LogP contribution in [-0.2, 0) is 33.8 Å². The van der Waals surface area contributed by atoms with Gasteiger partial charge in [0, 0.05) is 24.4 Å². The Bertz CT molecular complexity index is 1720. The number of imidazole rings is 1. The molecule has 0 radical (unpaired) electrons. The third-order valence-corrected chi connectivity index (χ3v) is 7.73. The van der Waals surface area contributed by atoms with Crippen LogP contribution in [0.15, 0.2) is 39.8 Å². The summed E-state index contributed by atoms with van der Waals surface area (Å²) in [6, 6.07) is 2.11. The van der Waals surface area contributed by atoms with E-state index in [2.05, 4.69) is 5.16 Å². The van der Waals surface area contributed by atoms with Gasteiger partial charge in [-0.25, -0.2) is 35.7 Å². The Morgan fingerprint density at radius 1 is 1.21 bits per heavy atom. The van der Waals surface area contributed by atoms with Gasteiger partial charge in [-0.05, 0) is 25.1 Å². The van der Waals surface area contributed by atoms with Gasteiger partial charge < -0.3 is 9.26 Å². The Balaban J connectivity index is 1.74. The summed E-state index contributed by atoms with van der Waals surface area (Å²) in [6.07, 6.45) is 0.711. The summed E-state index contributed by atoms with van der Waals surface area (Å²) in [5.41, 5.74) is -3.65. The number of alkyl halides is 2. The molecule has 1 aliphatic rings. The van der Waals surface area contributed by atoms with Crippen molar-refractivity contribution in [2.45, 2.75) is 32.0 Å². The average Bonchev–Trinajstić information content (AvgIpc) is 3.48. The first kappa shape index (κ1) is 26.1. The first-order chi connectivity index (χ1) is 17.9. The minimum absolute atomic E-state index is 0.135. The number of hydrogen-bond donors (Lipinski definition) is 1. The number of nitrogens with zero attached hydrogens (tertiary/aromatic N) is 3. The average molecular weight is 558 g/mol. The van der Waals surface area contributed by atoms with Gasteiger partial charge in [-0.1, -0.05) is 11.2 Å². The van der Waals surface area contributed by atoms with Crippen LogP contribution < -0.4 is 10.4 Å². The van der Waals surface area contributed by atoms with Crippen LogP contribution in [0.4, 0.5) is 22.0 Å². The zero-order chi connectivity index (χ0) is 27.6. The highest BCUT2D eigenvalue weighted by Gasteiger charge is 2.52. The highest BCUT2D eigenvalue weighted by molar-refractivity contribution is 7.89. The van der Waals surface area contributed by atoms with E-state index in [1.54, 1.807) is 0 Å². The van der Waals surface area contributed by atoms with Gasteiger partial charge in [-0.3, -0.25) is 4.57 Å². The molecule has 0 unspecified atom stereocenters. The van der Waals surface area contributed by atoms with E-state index in [-0.39, 0.29) is 23.1 Å². The SMILES string of the molecule is CCS(=O)(=O)N[C@@H]1Cn2c(cn(-c3noc4cc(COC)c(F)c(-c5c(F)cccc5F)c34)c2=O)C1(F)F. The minimum Gasteiger partial charge on any atom is -0.380 e. The van der Waals surface area contributed by atoms with Gasteiger partial charge in [-0.2, -0.15) is 8.78 Å². The molecule has 1 N–H and O–H groups in total. The normalized spacial score (nSPS) is 16.9. The molecule has 0 fully saturated rings. The number of methoxy groups -OCH3 is 1. The lowest BCUT2D eigenvalue weighted by Crippen LogP contribution is -2.45. The summed E-state index contributed by atoms with van der Waals surface area (Å²) in [5, 5.41) is 3.39. The number of benzene rings is 2. The highest BCUT2D eigenvalue weighted by atomic mass is 32.2. The second kappa shape index (κ2) is 9.03. The number of sulfonamides is 1. The zero-order valence-corrected chi connectivity index (χ0v) is 20.6. The molecule has 0 saturated carbocycles. The van der Waals surface area contributed by atoms with Crippen LogP contribution in [-0.4, -0.2) is 41.6 Å². The first-order valence-electron chi connectivity index (χ1n) is 11.2. The van der Waals surface area contributed by atoms with E-state index in [1.807, 2.05) is 4.72 Å². The molecule has 4 aromatic rings. The maximum atomic E-state index is 15.7. The lowest BCUT2D eigenvalue weighted by molar-refractivity contribution is -0.0248. The number of aromatic nitrogens is 3. The number of hydrogen-bond acceptors (Lipinski definition) is 6. The molecule has 0 bridgehead atoms. The van der Waals surface area contributed by atoms with Crippen LogP contribution in [0.3, 0.4) is 0 Å². The first-order valence-corrected chi connectivity index (χ1v) is 12.8. The van der Waals surface area contributed by atoms with Crippen molar-refractivity contribution in [3.05, 3.63) is 69.7 Å². The Kier molecular flexibility index (Phi) is 6.19. The fraction of sp³-hybridized carbons (Fsp3) is 0.304. The maximum absolute atomic E-state index is 15.7. The molecule has 9 nitrogen and oxygen atoms in total. The van der Waals surface area contributed by atoms with Gasteiger partial charge in [0.05, 0.1) is 29.9 Å². The van der Waals surface area contributed by atoms with E-state index in [9.17, 15) is 22.0 Å². The maximum Gasteiger partial charge on any atom is 0.334 e. The van der Waals surface area contributed by atoms with Crippen LogP contribution in [0, 0.1) is 17.5 Å². The fourth-order valence-electron chi connectivity index (χ4n) is 4.48. The molecular formula is C23H19F5N4O5S. The van der Waals surface area contributed by atoms with E-state index in [0.29, 0.717) is 15.3 Å². The molecule has 0 saturated heterocycles. The Hall–Kier alpha value is -3.56. The number of ether oxygens (including phenoxy) is 1. The van der Waals surface area contributed by atoms with Crippen molar-refractivity contribution in [3.8, 4) is 16.9 Å². The smallest absolute Gasteiger partial charge is 0.334 e. The number of halogens is 5. The van der Waals surface area contributed by atoms with Gasteiger partial charge >= 0.3 is 11.6 Å². The van der Waals surface area contributed by atoms with Crippen LogP contribution in [0.1, 0.15) is 18.2 Å². The monoisotopic (exact) mass is 558 g/mol. The second-order valence-electron chi connectivity index (χ2n) is 8.61. The molecule has 1 aliphatic heterocycles. The van der Waals surface area contributed by atoms with E-state index < -0.39 is 80.1 Å². The highest BCUT2D eigenvalue weighted by Crippen LogP contribution is 2.41. The third-order valence-electron chi connectivity index (χ3n) is 6.32. The number of fused-ring (bicyclic) bond motifs is 2. The summed E-state index contributed by atoms with van der Waals surface area (Å²) in [7, 11) is -2.75. The van der Waals surface area contributed by atoms with Crippen LogP contribution in [0.2, 0.25) is 0 Å². The van der Waals surface area contributed by atoms with E-state index in [1.165, 1.54) is 14.0 Å². The summed E-state index contributed by atoms with van der Waals surface area (Å²) in [6.45, 7) is 0.262. The molecule has 202 valence electrons. The number of nitrogens with one attached hydrogen (secondary N) is 1. The quantitative estimate of drug-likeness (QED) is 0.349. The van der Waals surface area contributed by atoms with Crippen molar-refractivity contribution >= 4 is 21.0 Å². The molecule has 0 spiro atoms. The molecular weight excluding hydrogens is 539 g/mol. The lowest BCUT2D eigenvalue weighted by atomic mass is 9.97. The summed E-state index contributed by atoms with van der Waals surface area (Å²) in [4.78, 5) is 13.2. The standard InChI is InChI=1S/C23H19F5N4O5S/c1-3-38(34,35)30-15-8-31-16(23(15,27)28)9-32(22(31)33)21-18-14(37-29-21)7-11(10-36-2)20(26)19(18)17-12(24)5-4-6-13(17)25/h4-7,9,15,30H,3,8,10H2,1-2H3/t15-/m1/s1. The largest absolute Gasteiger partial charge is 0.380 e. The second-order valence-corrected chi connectivity index (χ2v) is 10.7. The Morgan fingerprint density at radius 3 is 2.50 bits per heavy atom. The van der Waals surface area contributed by atoms with Crippen molar-refractivity contribution in [1.29, 1.82) is 0 Å². The lowest BCUT2D eigenvalue weighted by Gasteiger charge is -2.19. The van der Waals surface area contributed by atoms with Crippen LogP contribution >= 0.6 is 0 Å². The third kappa shape index (κ3) is 3.92. The summed E-state index contributed by atoms with van der Waals surface area (Å²) in [5.74, 6) is -8.09. The predicted molar refractivity (Wildman–Crippen MR) is 124 cm³/mol. The van der Waals surface area contributed by atoms with E-state index in [4.69, 9.17) is 9.26 Å². The predicted octanol–water partition coefficient (Wildman–Crippen LogP) is 3.42. The van der Waals surface area contributed by atoms with Gasteiger partial charge in [0.1, 0.15) is 29.2 Å². The molecule has 1 atom stereocenters. The van der Waals surface area contributed by atoms with E-state index in [0.717, 1.165) is 24.3 Å². The van der Waals surface area contributed by atoms with Crippen molar-refractivity contribution in [1.82, 2.24) is 19.0 Å². The molecule has 38 heavy (non-hydrogen) atoms. The van der Waals surface area contributed by atoms with E-state index >= 15 is 13.2 Å². The van der Waals surface area contributed by atoms with Crippen molar-refractivity contribution in [2.75, 3.05) is 12.9 Å². The van der Waals surface area contributed by atoms with Crippen molar-refractivity contribution < 1.29 is 39.6 Å². The number of rotatable bonds is 7. The summed E-state index contributed by atoms with van der Waals surface area (Å²) >= 11 is 0. The fourth-order valence-corrected chi connectivity index (χ4v) is 5.30. The Morgan fingerprint density at radius 2 is 1.89 bits per heavy atom. The van der Waals surface area contributed by atoms with Crippen LogP contribution in [0.25, 0.3) is 27.9 Å². The molecule has 0 aliphatic carbocycles. The molecule has 3 heterocycles. The van der Waals surface area contributed by atoms with Crippen molar-refractivity contribution in [2.24, 2.45) is 0 Å². The van der Waals surface area contributed by atoms with Gasteiger partial charge in [0.2, 0.25) is 10.0 Å². The van der Waals surface area contributed by atoms with Gasteiger partial charge in [-0.15, -0.1) is 0 Å². The van der Waals surface area contributed by atoms with Gasteiger partial charge in [0.15, 0.2) is 11.4 Å². The molecule has 2 aromatic heterocycles. The molecule has 0 amide bonds. The molecule has 2 aromatic carbocycles. The van der Waals surface area contributed by atoms with Crippen molar-refractivity contribution in [3.63, 3.8) is 0 Å².